The molecule has 0 aromatic heterocycles. The molecule has 1 aromatic carbocycles. The maximum atomic E-state index is 13.7. The van der Waals surface area contributed by atoms with Crippen LogP contribution in [0.4, 0.5) is 0 Å². The second kappa shape index (κ2) is 13.8. The normalized spacial score (nSPS) is 25.0. The molecule has 0 radical (unpaired) electrons. The lowest BCUT2D eigenvalue weighted by Crippen LogP contribution is -2.66. The summed E-state index contributed by atoms with van der Waals surface area (Å²) in [5, 5.41) is 0. The molecule has 1 aromatic rings. The van der Waals surface area contributed by atoms with Crippen LogP contribution in [0, 0.1) is 0 Å². The molecule has 1 amide bonds. The van der Waals surface area contributed by atoms with Gasteiger partial charge in [-0.3, -0.25) is 28.9 Å². The summed E-state index contributed by atoms with van der Waals surface area (Å²) in [4.78, 5) is 62.8. The summed E-state index contributed by atoms with van der Waals surface area (Å²) < 4.78 is 38.2. The summed E-state index contributed by atoms with van der Waals surface area (Å²) in [5.41, 5.74) is 0.522. The number of benzene rings is 1. The number of amides is 1. The van der Waals surface area contributed by atoms with E-state index in [4.69, 9.17) is 45.4 Å². The minimum Gasteiger partial charge on any atom is -0.497 e. The van der Waals surface area contributed by atoms with Crippen LogP contribution in [-0.4, -0.2) is 90.5 Å². The van der Waals surface area contributed by atoms with E-state index in [0.29, 0.717) is 17.1 Å². The minimum atomic E-state index is -1.48. The van der Waals surface area contributed by atoms with E-state index in [2.05, 4.69) is 0 Å². The fraction of sp³-hybridized carbons (Fsp3) is 0.462. The van der Waals surface area contributed by atoms with Crippen molar-refractivity contribution in [3.63, 3.8) is 0 Å². The smallest absolute Gasteiger partial charge is 0.303 e. The van der Waals surface area contributed by atoms with Gasteiger partial charge in [-0.05, 0) is 24.3 Å². The maximum Gasteiger partial charge on any atom is 0.303 e. The highest BCUT2D eigenvalue weighted by atomic mass is 32.2. The Labute approximate surface area is 245 Å². The van der Waals surface area contributed by atoms with Gasteiger partial charge in [-0.2, -0.15) is 0 Å². The second-order valence-corrected chi connectivity index (χ2v) is 10.4. The summed E-state index contributed by atoms with van der Waals surface area (Å²) in [5.74, 6) is -2.68. The van der Waals surface area contributed by atoms with Crippen LogP contribution in [0.2, 0.25) is 0 Å². The quantitative estimate of drug-likeness (QED) is 0.173. The first-order chi connectivity index (χ1) is 19.4. The molecule has 0 spiro atoms. The van der Waals surface area contributed by atoms with Gasteiger partial charge in [-0.1, -0.05) is 24.0 Å². The van der Waals surface area contributed by atoms with Gasteiger partial charge in [0, 0.05) is 33.3 Å². The second-order valence-electron chi connectivity index (χ2n) is 8.75. The molecule has 0 bridgehead atoms. The summed E-state index contributed by atoms with van der Waals surface area (Å²) >= 11 is 6.45. The van der Waals surface area contributed by atoms with Crippen molar-refractivity contribution in [2.75, 3.05) is 20.8 Å². The Morgan fingerprint density at radius 1 is 0.927 bits per heavy atom. The lowest BCUT2D eigenvalue weighted by Gasteiger charge is -2.46. The van der Waals surface area contributed by atoms with Crippen LogP contribution in [0.3, 0.4) is 0 Å². The molecule has 0 unspecified atom stereocenters. The lowest BCUT2D eigenvalue weighted by molar-refractivity contribution is -0.268. The highest BCUT2D eigenvalue weighted by molar-refractivity contribution is 8.26. The van der Waals surface area contributed by atoms with E-state index in [-0.39, 0.29) is 9.23 Å². The van der Waals surface area contributed by atoms with E-state index in [0.717, 1.165) is 44.4 Å². The SMILES string of the molecule is COc1ccc(OC)c(/C=C2/SC(=S)N([C@@H]3O[C@@H](COC(C)=O)[C@H](OC(C)=O)[C@H](OC(C)=O)[C@@H]3OC(C)=O)C2=O)c1. The molecule has 2 saturated heterocycles. The van der Waals surface area contributed by atoms with Gasteiger partial charge in [0.05, 0.1) is 19.1 Å². The average Bonchev–Trinajstić information content (AvgIpc) is 3.16. The van der Waals surface area contributed by atoms with Gasteiger partial charge < -0.3 is 33.2 Å². The van der Waals surface area contributed by atoms with Crippen molar-refractivity contribution in [3.8, 4) is 11.5 Å². The Morgan fingerprint density at radius 2 is 1.54 bits per heavy atom. The predicted octanol–water partition coefficient (Wildman–Crippen LogP) is 1.99. The third-order valence-corrected chi connectivity index (χ3v) is 7.10. The Bertz CT molecular complexity index is 1260. The standard InChI is InChI=1S/C26H29NO12S2/c1-12(28)35-11-19-21(36-13(2)29)22(37-14(3)30)23(38-15(4)31)25(39-19)27-24(32)20(41-26(27)40)10-16-9-17(33-5)7-8-18(16)34-6/h7-10,19,21-23,25H,11H2,1-6H3/b20-10+/t19-,21-,22-,23-,25+/m0/s1. The number of hydrogen-bond acceptors (Lipinski definition) is 14. The predicted molar refractivity (Wildman–Crippen MR) is 147 cm³/mol. The Morgan fingerprint density at radius 3 is 2.10 bits per heavy atom. The Hall–Kier alpha value is -3.69. The summed E-state index contributed by atoms with van der Waals surface area (Å²) in [6.07, 6.45) is -5.45. The van der Waals surface area contributed by atoms with Gasteiger partial charge in [0.1, 0.15) is 24.2 Å². The molecule has 41 heavy (non-hydrogen) atoms. The number of methoxy groups -OCH3 is 2. The molecule has 15 heteroatoms. The van der Waals surface area contributed by atoms with Crippen molar-refractivity contribution in [1.82, 2.24) is 4.90 Å². The topological polar surface area (TPSA) is 153 Å². The highest BCUT2D eigenvalue weighted by Gasteiger charge is 2.56. The van der Waals surface area contributed by atoms with Crippen LogP contribution in [0.25, 0.3) is 6.08 Å². The number of thioether (sulfide) groups is 1. The molecule has 2 aliphatic heterocycles. The van der Waals surface area contributed by atoms with Crippen LogP contribution in [0.1, 0.15) is 33.3 Å². The highest BCUT2D eigenvalue weighted by Crippen LogP contribution is 2.40. The maximum absolute atomic E-state index is 13.7. The van der Waals surface area contributed by atoms with Crippen molar-refractivity contribution in [2.24, 2.45) is 0 Å². The van der Waals surface area contributed by atoms with Crippen LogP contribution < -0.4 is 9.47 Å². The third kappa shape index (κ3) is 7.74. The van der Waals surface area contributed by atoms with E-state index in [1.807, 2.05) is 0 Å². The Balaban J connectivity index is 2.08. The zero-order valence-electron chi connectivity index (χ0n) is 23.1. The summed E-state index contributed by atoms with van der Waals surface area (Å²) in [6, 6.07) is 5.03. The van der Waals surface area contributed by atoms with Gasteiger partial charge in [0.25, 0.3) is 5.91 Å². The molecule has 13 nitrogen and oxygen atoms in total. The number of hydrogen-bond donors (Lipinski definition) is 0. The molecule has 3 rings (SSSR count). The number of carbonyl (C=O) groups is 5. The van der Waals surface area contributed by atoms with Crippen molar-refractivity contribution in [3.05, 3.63) is 28.7 Å². The fourth-order valence-corrected chi connectivity index (χ4v) is 5.51. The van der Waals surface area contributed by atoms with Gasteiger partial charge in [-0.25, -0.2) is 0 Å². The molecule has 0 N–H and O–H groups in total. The van der Waals surface area contributed by atoms with Crippen LogP contribution in [-0.2, 0) is 47.7 Å². The van der Waals surface area contributed by atoms with Crippen molar-refractivity contribution in [1.29, 1.82) is 0 Å². The molecule has 5 atom stereocenters. The number of carbonyl (C=O) groups excluding carboxylic acids is 5. The van der Waals surface area contributed by atoms with Gasteiger partial charge in [-0.15, -0.1) is 0 Å². The van der Waals surface area contributed by atoms with Gasteiger partial charge in [0.2, 0.25) is 0 Å². The Kier molecular flexibility index (Phi) is 10.7. The first kappa shape index (κ1) is 31.8. The zero-order valence-corrected chi connectivity index (χ0v) is 24.7. The van der Waals surface area contributed by atoms with Crippen LogP contribution in [0.15, 0.2) is 23.1 Å². The average molecular weight is 612 g/mol. The monoisotopic (exact) mass is 611 g/mol. The molecule has 0 saturated carbocycles. The third-order valence-electron chi connectivity index (χ3n) is 5.77. The largest absolute Gasteiger partial charge is 0.497 e. The van der Waals surface area contributed by atoms with Crippen molar-refractivity contribution in [2.45, 2.75) is 58.3 Å². The molecular weight excluding hydrogens is 582 g/mol. The molecule has 222 valence electrons. The van der Waals surface area contributed by atoms with E-state index in [1.165, 1.54) is 14.2 Å². The van der Waals surface area contributed by atoms with Gasteiger partial charge in [0.15, 0.2) is 28.9 Å². The molecular formula is C26H29NO12S2. The van der Waals surface area contributed by atoms with Crippen LogP contribution >= 0.6 is 24.0 Å². The van der Waals surface area contributed by atoms with Crippen molar-refractivity contribution >= 4 is 64.2 Å². The number of thiocarbonyl (C=S) groups is 1. The van der Waals surface area contributed by atoms with Crippen molar-refractivity contribution < 1.29 is 57.1 Å². The number of nitrogens with zero attached hydrogens (tertiary/aromatic N) is 1. The first-order valence-corrected chi connectivity index (χ1v) is 13.4. The van der Waals surface area contributed by atoms with Gasteiger partial charge >= 0.3 is 23.9 Å². The van der Waals surface area contributed by atoms with E-state index in [1.54, 1.807) is 24.3 Å². The van der Waals surface area contributed by atoms with E-state index in [9.17, 15) is 24.0 Å². The fourth-order valence-electron chi connectivity index (χ4n) is 4.21. The number of rotatable bonds is 9. The number of ether oxygens (including phenoxy) is 7. The van der Waals surface area contributed by atoms with Crippen LogP contribution in [0.5, 0.6) is 11.5 Å². The number of esters is 4. The summed E-state index contributed by atoms with van der Waals surface area (Å²) in [7, 11) is 2.97. The van der Waals surface area contributed by atoms with E-state index < -0.39 is 67.0 Å². The minimum absolute atomic E-state index is 0.0315. The molecule has 2 heterocycles. The molecule has 0 aliphatic carbocycles. The summed E-state index contributed by atoms with van der Waals surface area (Å²) in [6.45, 7) is 4.03. The molecule has 2 aliphatic rings. The lowest BCUT2D eigenvalue weighted by atomic mass is 9.96. The molecule has 2 fully saturated rings. The first-order valence-electron chi connectivity index (χ1n) is 12.2. The van der Waals surface area contributed by atoms with E-state index >= 15 is 0 Å². The zero-order chi connectivity index (χ0) is 30.4.